The first-order valence-electron chi connectivity index (χ1n) is 10.5. The fourth-order valence-corrected chi connectivity index (χ4v) is 7.49. The first-order valence-corrected chi connectivity index (χ1v) is 10.5. The molecular weight excluding hydrogens is 264 g/mol. The lowest BCUT2D eigenvalue weighted by Crippen LogP contribution is -2.54. The maximum Gasteiger partial charge on any atom is -0.0266 e. The van der Waals surface area contributed by atoms with Crippen molar-refractivity contribution < 1.29 is 0 Å². The zero-order valence-electron chi connectivity index (χ0n) is 16.0. The lowest BCUT2D eigenvalue weighted by molar-refractivity contribution is -0.126. The van der Waals surface area contributed by atoms with Crippen LogP contribution in [0.5, 0.6) is 0 Å². The molecule has 0 aromatic rings. The first kappa shape index (κ1) is 16.8. The Morgan fingerprint density at radius 3 is 2.41 bits per heavy atom. The van der Waals surface area contributed by atoms with E-state index in [1.54, 1.807) is 19.3 Å². The molecule has 3 saturated carbocycles. The fourth-order valence-electron chi connectivity index (χ4n) is 7.49. The first-order chi connectivity index (χ1) is 10.5. The van der Waals surface area contributed by atoms with Crippen LogP contribution < -0.4 is 0 Å². The summed E-state index contributed by atoms with van der Waals surface area (Å²) >= 11 is 0. The average molecular weight is 305 g/mol. The molecule has 0 spiro atoms. The molecule has 3 rings (SSSR count). The van der Waals surface area contributed by atoms with Gasteiger partial charge in [-0.25, -0.2) is 0 Å². The molecule has 0 N–H and O–H groups in total. The molecule has 0 aromatic carbocycles. The summed E-state index contributed by atoms with van der Waals surface area (Å²) < 4.78 is 0. The summed E-state index contributed by atoms with van der Waals surface area (Å²) in [5.41, 5.74) is 1.31. The van der Waals surface area contributed by atoms with Crippen LogP contribution in [0.4, 0.5) is 0 Å². The van der Waals surface area contributed by atoms with Gasteiger partial charge in [-0.2, -0.15) is 0 Å². The summed E-state index contributed by atoms with van der Waals surface area (Å²) in [5.74, 6) is 5.04. The van der Waals surface area contributed by atoms with Crippen LogP contribution in [0.2, 0.25) is 0 Å². The van der Waals surface area contributed by atoms with E-state index in [2.05, 4.69) is 34.6 Å². The van der Waals surface area contributed by atoms with Gasteiger partial charge >= 0.3 is 0 Å². The number of hydrogen-bond donors (Lipinski definition) is 0. The van der Waals surface area contributed by atoms with E-state index in [0.717, 1.165) is 29.6 Å². The Balaban J connectivity index is 1.88. The van der Waals surface area contributed by atoms with Crippen LogP contribution in [0.1, 0.15) is 98.8 Å². The molecule has 128 valence electrons. The van der Waals surface area contributed by atoms with E-state index in [4.69, 9.17) is 0 Å². The predicted molar refractivity (Wildman–Crippen MR) is 96.9 cm³/mol. The van der Waals surface area contributed by atoms with Crippen LogP contribution in [0, 0.1) is 40.4 Å². The smallest absolute Gasteiger partial charge is 0.0266 e. The Kier molecular flexibility index (Phi) is 4.70. The number of fused-ring (bicyclic) bond motifs is 3. The van der Waals surface area contributed by atoms with E-state index in [0.29, 0.717) is 10.8 Å². The lowest BCUT2D eigenvalue weighted by Gasteiger charge is -2.62. The lowest BCUT2D eigenvalue weighted by atomic mass is 9.43. The molecular formula is C22H40. The minimum Gasteiger partial charge on any atom is -0.0651 e. The Hall–Kier alpha value is 0. The molecule has 22 heavy (non-hydrogen) atoms. The van der Waals surface area contributed by atoms with Gasteiger partial charge in [0.15, 0.2) is 0 Å². The van der Waals surface area contributed by atoms with Crippen molar-refractivity contribution in [2.75, 3.05) is 0 Å². The Bertz CT molecular complexity index is 379. The zero-order valence-corrected chi connectivity index (χ0v) is 16.0. The molecule has 0 amide bonds. The summed E-state index contributed by atoms with van der Waals surface area (Å²) in [6.07, 6.45) is 15.0. The van der Waals surface area contributed by atoms with Crippen LogP contribution >= 0.6 is 0 Å². The van der Waals surface area contributed by atoms with Gasteiger partial charge in [-0.15, -0.1) is 0 Å². The minimum absolute atomic E-state index is 0.614. The van der Waals surface area contributed by atoms with Gasteiger partial charge in [-0.1, -0.05) is 60.3 Å². The third-order valence-corrected chi connectivity index (χ3v) is 9.20. The van der Waals surface area contributed by atoms with E-state index in [1.807, 2.05) is 0 Å². The molecule has 0 nitrogen and oxygen atoms in total. The molecule has 5 unspecified atom stereocenters. The van der Waals surface area contributed by atoms with Crippen molar-refractivity contribution in [2.24, 2.45) is 40.4 Å². The molecule has 0 aliphatic heterocycles. The molecule has 0 heterocycles. The molecule has 0 aromatic heterocycles. The summed E-state index contributed by atoms with van der Waals surface area (Å²) in [7, 11) is 0. The van der Waals surface area contributed by atoms with Crippen LogP contribution in [-0.4, -0.2) is 0 Å². The summed E-state index contributed by atoms with van der Waals surface area (Å²) in [5, 5.41) is 0. The van der Waals surface area contributed by atoms with E-state index < -0.39 is 0 Å². The molecule has 0 bridgehead atoms. The van der Waals surface area contributed by atoms with Crippen molar-refractivity contribution in [3.05, 3.63) is 0 Å². The molecule has 0 saturated heterocycles. The quantitative estimate of drug-likeness (QED) is 0.522. The molecule has 0 heteroatoms. The highest BCUT2D eigenvalue weighted by atomic mass is 14.6. The van der Waals surface area contributed by atoms with Crippen LogP contribution in [-0.2, 0) is 0 Å². The highest BCUT2D eigenvalue weighted by molar-refractivity contribution is 5.05. The van der Waals surface area contributed by atoms with Crippen LogP contribution in [0.25, 0.3) is 0 Å². The van der Waals surface area contributed by atoms with Crippen molar-refractivity contribution >= 4 is 0 Å². The zero-order chi connectivity index (χ0) is 16.0. The monoisotopic (exact) mass is 304 g/mol. The van der Waals surface area contributed by atoms with Crippen molar-refractivity contribution in [3.8, 4) is 0 Å². The maximum atomic E-state index is 2.70. The Morgan fingerprint density at radius 2 is 1.73 bits per heavy atom. The number of rotatable bonds is 3. The second kappa shape index (κ2) is 6.14. The van der Waals surface area contributed by atoms with E-state index in [9.17, 15) is 0 Å². The van der Waals surface area contributed by atoms with E-state index in [-0.39, 0.29) is 0 Å². The van der Waals surface area contributed by atoms with Crippen LogP contribution in [0.3, 0.4) is 0 Å². The normalized spacial score (nSPS) is 50.0. The highest BCUT2D eigenvalue weighted by Crippen LogP contribution is 2.64. The van der Waals surface area contributed by atoms with Gasteiger partial charge in [-0.3, -0.25) is 0 Å². The van der Waals surface area contributed by atoms with Gasteiger partial charge < -0.3 is 0 Å². The van der Waals surface area contributed by atoms with E-state index in [1.165, 1.54) is 44.9 Å². The second-order valence-corrected chi connectivity index (χ2v) is 9.66. The molecule has 3 fully saturated rings. The fraction of sp³-hybridized carbons (Fsp3) is 1.00. The summed E-state index contributed by atoms with van der Waals surface area (Å²) in [4.78, 5) is 0. The number of hydrogen-bond acceptors (Lipinski definition) is 0. The highest BCUT2D eigenvalue weighted by Gasteiger charge is 2.56. The minimum atomic E-state index is 0.614. The average Bonchev–Trinajstić information content (AvgIpc) is 2.53. The van der Waals surface area contributed by atoms with Crippen molar-refractivity contribution in [3.63, 3.8) is 0 Å². The Morgan fingerprint density at radius 1 is 0.955 bits per heavy atom. The van der Waals surface area contributed by atoms with Crippen molar-refractivity contribution in [1.29, 1.82) is 0 Å². The van der Waals surface area contributed by atoms with Gasteiger partial charge in [0, 0.05) is 0 Å². The van der Waals surface area contributed by atoms with Gasteiger partial charge in [0.2, 0.25) is 0 Å². The molecule has 0 radical (unpaired) electrons. The summed E-state index contributed by atoms with van der Waals surface area (Å²) in [6, 6.07) is 0. The van der Waals surface area contributed by atoms with Crippen molar-refractivity contribution in [2.45, 2.75) is 98.8 Å². The largest absolute Gasteiger partial charge is 0.0651 e. The van der Waals surface area contributed by atoms with Gasteiger partial charge in [0.05, 0.1) is 0 Å². The van der Waals surface area contributed by atoms with Gasteiger partial charge in [0.25, 0.3) is 0 Å². The topological polar surface area (TPSA) is 0 Å². The third kappa shape index (κ3) is 2.39. The maximum absolute atomic E-state index is 2.70. The SMILES string of the molecule is CCC(C)[C@@]1(C)CCC2C(CCC3CCCC[C@@]32C)C1CC. The van der Waals surface area contributed by atoms with Crippen molar-refractivity contribution in [1.82, 2.24) is 0 Å². The molecule has 3 aliphatic carbocycles. The molecule has 7 atom stereocenters. The molecule has 3 aliphatic rings. The van der Waals surface area contributed by atoms with Gasteiger partial charge in [-0.05, 0) is 78.9 Å². The standard InChI is InChI=1S/C22H40/c1-6-16(3)21(4)15-13-20-18(19(21)7-2)12-11-17-10-8-9-14-22(17,20)5/h16-20H,6-15H2,1-5H3/t16?,17?,18?,19?,20?,21-,22+/m1/s1. The third-order valence-electron chi connectivity index (χ3n) is 9.20. The second-order valence-electron chi connectivity index (χ2n) is 9.66. The van der Waals surface area contributed by atoms with E-state index >= 15 is 0 Å². The Labute approximate surface area is 139 Å². The summed E-state index contributed by atoms with van der Waals surface area (Å²) in [6.45, 7) is 12.8. The van der Waals surface area contributed by atoms with Crippen LogP contribution in [0.15, 0.2) is 0 Å². The predicted octanol–water partition coefficient (Wildman–Crippen LogP) is 7.08. The van der Waals surface area contributed by atoms with Gasteiger partial charge in [0.1, 0.15) is 0 Å².